The molecule has 1 heterocycles. The van der Waals surface area contributed by atoms with Crippen molar-refractivity contribution in [2.75, 3.05) is 6.61 Å². The number of alkyl halides is 3. The normalized spacial score (nSPS) is 12.0. The predicted molar refractivity (Wildman–Crippen MR) is 114 cm³/mol. The van der Waals surface area contributed by atoms with E-state index in [2.05, 4.69) is 4.98 Å². The molecule has 0 unspecified atom stereocenters. The zero-order chi connectivity index (χ0) is 21.1. The standard InChI is InChI=1S/C23H16F3NO2S/c24-23(25,26)14-29-19-10-5-16(6-11-19)2-1-15-3-7-17(8-4-15)22-27-20-12-9-18(28)13-21(20)30-22/h1-13,28H,14H2. The number of phenols is 1. The summed E-state index contributed by atoms with van der Waals surface area (Å²) in [6.45, 7) is -1.30. The van der Waals surface area contributed by atoms with E-state index in [1.165, 1.54) is 23.5 Å². The van der Waals surface area contributed by atoms with Crippen LogP contribution in [0.5, 0.6) is 11.5 Å². The lowest BCUT2D eigenvalue weighted by Gasteiger charge is -2.08. The van der Waals surface area contributed by atoms with Crippen LogP contribution in [0.15, 0.2) is 66.7 Å². The lowest BCUT2D eigenvalue weighted by molar-refractivity contribution is -0.153. The molecule has 0 aliphatic heterocycles. The van der Waals surface area contributed by atoms with Crippen LogP contribution in [0.2, 0.25) is 0 Å². The molecule has 0 amide bonds. The number of phenolic OH excluding ortho intramolecular Hbond substituents is 1. The van der Waals surface area contributed by atoms with Gasteiger partial charge in [-0.05, 0) is 41.5 Å². The predicted octanol–water partition coefficient (Wildman–Crippen LogP) is 6.78. The highest BCUT2D eigenvalue weighted by Crippen LogP contribution is 2.32. The quantitative estimate of drug-likeness (QED) is 0.357. The van der Waals surface area contributed by atoms with Crippen molar-refractivity contribution in [1.29, 1.82) is 0 Å². The van der Waals surface area contributed by atoms with Crippen molar-refractivity contribution in [1.82, 2.24) is 4.98 Å². The first-order chi connectivity index (χ1) is 14.4. The first-order valence-corrected chi connectivity index (χ1v) is 9.85. The van der Waals surface area contributed by atoms with Crippen LogP contribution in [-0.2, 0) is 0 Å². The maximum atomic E-state index is 12.2. The van der Waals surface area contributed by atoms with Crippen molar-refractivity contribution in [3.05, 3.63) is 77.9 Å². The number of aromatic nitrogens is 1. The fraction of sp³-hybridized carbons (Fsp3) is 0.0870. The van der Waals surface area contributed by atoms with Crippen LogP contribution in [0.3, 0.4) is 0 Å². The number of hydrogen-bond donors (Lipinski definition) is 1. The van der Waals surface area contributed by atoms with Crippen LogP contribution in [0.25, 0.3) is 32.9 Å². The molecule has 0 bridgehead atoms. The molecule has 1 aromatic heterocycles. The molecule has 0 saturated heterocycles. The molecule has 0 aliphatic carbocycles. The smallest absolute Gasteiger partial charge is 0.422 e. The fourth-order valence-electron chi connectivity index (χ4n) is 2.81. The first-order valence-electron chi connectivity index (χ1n) is 9.03. The summed E-state index contributed by atoms with van der Waals surface area (Å²) >= 11 is 1.52. The van der Waals surface area contributed by atoms with Crippen molar-refractivity contribution >= 4 is 33.7 Å². The fourth-order valence-corrected chi connectivity index (χ4v) is 3.81. The third-order valence-corrected chi connectivity index (χ3v) is 5.35. The van der Waals surface area contributed by atoms with Gasteiger partial charge in [-0.2, -0.15) is 13.2 Å². The Balaban J connectivity index is 1.43. The summed E-state index contributed by atoms with van der Waals surface area (Å²) in [7, 11) is 0. The van der Waals surface area contributed by atoms with Gasteiger partial charge in [-0.3, -0.25) is 0 Å². The van der Waals surface area contributed by atoms with Gasteiger partial charge in [0.05, 0.1) is 10.2 Å². The number of nitrogens with zero attached hydrogens (tertiary/aromatic N) is 1. The first kappa shape index (κ1) is 20.0. The number of ether oxygens (including phenoxy) is 1. The van der Waals surface area contributed by atoms with Crippen molar-refractivity contribution in [2.45, 2.75) is 6.18 Å². The van der Waals surface area contributed by atoms with Gasteiger partial charge in [0.2, 0.25) is 0 Å². The van der Waals surface area contributed by atoms with Gasteiger partial charge < -0.3 is 9.84 Å². The van der Waals surface area contributed by atoms with Crippen LogP contribution in [0.1, 0.15) is 11.1 Å². The molecule has 30 heavy (non-hydrogen) atoms. The van der Waals surface area contributed by atoms with Gasteiger partial charge >= 0.3 is 6.18 Å². The zero-order valence-corrected chi connectivity index (χ0v) is 16.4. The Morgan fingerprint density at radius 3 is 2.17 bits per heavy atom. The molecule has 0 spiro atoms. The molecule has 0 aliphatic rings. The Morgan fingerprint density at radius 1 is 0.900 bits per heavy atom. The summed E-state index contributed by atoms with van der Waals surface area (Å²) in [5.41, 5.74) is 3.66. The third-order valence-electron chi connectivity index (χ3n) is 4.28. The van der Waals surface area contributed by atoms with E-state index in [-0.39, 0.29) is 11.5 Å². The third kappa shape index (κ3) is 4.99. The molecule has 3 nitrogen and oxygen atoms in total. The highest BCUT2D eigenvalue weighted by molar-refractivity contribution is 7.21. The second kappa shape index (κ2) is 8.20. The SMILES string of the molecule is Oc1ccc2nc(-c3ccc(C=Cc4ccc(OCC(F)(F)F)cc4)cc3)sc2c1. The molecule has 7 heteroatoms. The number of fused-ring (bicyclic) bond motifs is 1. The summed E-state index contributed by atoms with van der Waals surface area (Å²) < 4.78 is 42.2. The molecule has 0 atom stereocenters. The van der Waals surface area contributed by atoms with Gasteiger partial charge in [-0.15, -0.1) is 11.3 Å². The maximum Gasteiger partial charge on any atom is 0.422 e. The Hall–Kier alpha value is -3.32. The average Bonchev–Trinajstić information content (AvgIpc) is 3.14. The highest BCUT2D eigenvalue weighted by Gasteiger charge is 2.28. The van der Waals surface area contributed by atoms with E-state index in [4.69, 9.17) is 4.74 Å². The molecule has 1 N–H and O–H groups in total. The molecular weight excluding hydrogens is 411 g/mol. The summed E-state index contributed by atoms with van der Waals surface area (Å²) in [6, 6.07) is 19.4. The Bertz CT molecular complexity index is 1180. The highest BCUT2D eigenvalue weighted by atomic mass is 32.1. The van der Waals surface area contributed by atoms with Crippen molar-refractivity contribution < 1.29 is 23.0 Å². The van der Waals surface area contributed by atoms with E-state index in [1.54, 1.807) is 30.3 Å². The molecule has 0 radical (unpaired) electrons. The topological polar surface area (TPSA) is 42.4 Å². The molecule has 3 aromatic carbocycles. The van der Waals surface area contributed by atoms with E-state index in [1.807, 2.05) is 36.4 Å². The van der Waals surface area contributed by atoms with Gasteiger partial charge in [-0.25, -0.2) is 4.98 Å². The van der Waals surface area contributed by atoms with Crippen LogP contribution < -0.4 is 4.74 Å². The van der Waals surface area contributed by atoms with Crippen molar-refractivity contribution in [3.8, 4) is 22.1 Å². The Labute approximate surface area is 174 Å². The number of hydrogen-bond acceptors (Lipinski definition) is 4. The molecule has 0 fully saturated rings. The number of halogens is 3. The minimum absolute atomic E-state index is 0.179. The van der Waals surface area contributed by atoms with Crippen LogP contribution in [0, 0.1) is 0 Å². The summed E-state index contributed by atoms with van der Waals surface area (Å²) in [5, 5.41) is 10.5. The minimum atomic E-state index is -4.35. The van der Waals surface area contributed by atoms with Crippen molar-refractivity contribution in [3.63, 3.8) is 0 Å². The Morgan fingerprint density at radius 2 is 1.53 bits per heavy atom. The number of thiazole rings is 1. The average molecular weight is 427 g/mol. The van der Waals surface area contributed by atoms with E-state index >= 15 is 0 Å². The van der Waals surface area contributed by atoms with Gasteiger partial charge in [0.15, 0.2) is 6.61 Å². The van der Waals surface area contributed by atoms with Crippen LogP contribution in [-0.4, -0.2) is 22.9 Å². The number of aromatic hydroxyl groups is 1. The Kier molecular flexibility index (Phi) is 5.46. The van der Waals surface area contributed by atoms with Gasteiger partial charge in [0.25, 0.3) is 0 Å². The molecule has 0 saturated carbocycles. The van der Waals surface area contributed by atoms with Gasteiger partial charge in [0, 0.05) is 5.56 Å². The van der Waals surface area contributed by atoms with E-state index < -0.39 is 12.8 Å². The van der Waals surface area contributed by atoms with E-state index in [9.17, 15) is 18.3 Å². The second-order valence-electron chi connectivity index (χ2n) is 6.60. The number of benzene rings is 3. The monoisotopic (exact) mass is 427 g/mol. The van der Waals surface area contributed by atoms with Crippen molar-refractivity contribution in [2.24, 2.45) is 0 Å². The van der Waals surface area contributed by atoms with Gasteiger partial charge in [0.1, 0.15) is 16.5 Å². The van der Waals surface area contributed by atoms with Crippen LogP contribution >= 0.6 is 11.3 Å². The minimum Gasteiger partial charge on any atom is -0.508 e. The molecule has 4 rings (SSSR count). The van der Waals surface area contributed by atoms with Gasteiger partial charge in [-0.1, -0.05) is 48.6 Å². The molecular formula is C23H16F3NO2S. The number of rotatable bonds is 5. The lowest BCUT2D eigenvalue weighted by atomic mass is 10.1. The summed E-state index contributed by atoms with van der Waals surface area (Å²) in [6.07, 6.45) is -0.549. The van der Waals surface area contributed by atoms with E-state index in [0.717, 1.165) is 31.9 Å². The molecule has 152 valence electrons. The lowest BCUT2D eigenvalue weighted by Crippen LogP contribution is -2.19. The largest absolute Gasteiger partial charge is 0.508 e. The maximum absolute atomic E-state index is 12.2. The second-order valence-corrected chi connectivity index (χ2v) is 7.63. The molecule has 4 aromatic rings. The summed E-state index contributed by atoms with van der Waals surface area (Å²) in [4.78, 5) is 4.59. The zero-order valence-electron chi connectivity index (χ0n) is 15.6. The summed E-state index contributed by atoms with van der Waals surface area (Å²) in [5.74, 6) is 0.399. The van der Waals surface area contributed by atoms with Crippen LogP contribution in [0.4, 0.5) is 13.2 Å². The van der Waals surface area contributed by atoms with E-state index in [0.29, 0.717) is 0 Å².